The first-order valence-corrected chi connectivity index (χ1v) is 6.59. The number of thiophene rings is 1. The van der Waals surface area contributed by atoms with Crippen molar-refractivity contribution in [2.45, 2.75) is 19.0 Å². The molecule has 2 nitrogen and oxygen atoms in total. The van der Waals surface area contributed by atoms with E-state index in [1.807, 2.05) is 0 Å². The van der Waals surface area contributed by atoms with Gasteiger partial charge in [-0.3, -0.25) is 4.79 Å². The van der Waals surface area contributed by atoms with E-state index in [4.69, 9.17) is 11.6 Å². The average Bonchev–Trinajstić information content (AvgIpc) is 2.86. The Morgan fingerprint density at radius 3 is 2.67 bits per heavy atom. The summed E-state index contributed by atoms with van der Waals surface area (Å²) in [5.41, 5.74) is -2.23. The number of halogens is 4. The van der Waals surface area contributed by atoms with Gasteiger partial charge in [0.25, 0.3) is 0 Å². The Morgan fingerprint density at radius 1 is 1.50 bits per heavy atom. The minimum Gasteiger partial charge on any atom is -0.315 e. The fraction of sp³-hybridized carbons (Fsp3) is 0.545. The van der Waals surface area contributed by atoms with Gasteiger partial charge >= 0.3 is 6.18 Å². The molecular formula is C11H11ClF3NOS. The number of carbonyl (C=O) groups is 1. The first-order valence-electron chi connectivity index (χ1n) is 5.40. The van der Waals surface area contributed by atoms with Crippen molar-refractivity contribution in [2.75, 3.05) is 13.1 Å². The maximum absolute atomic E-state index is 13.1. The Bertz CT molecular complexity index is 451. The molecule has 0 aromatic carbocycles. The van der Waals surface area contributed by atoms with Gasteiger partial charge in [-0.2, -0.15) is 13.2 Å². The molecule has 18 heavy (non-hydrogen) atoms. The van der Waals surface area contributed by atoms with Gasteiger partial charge in [-0.1, -0.05) is 11.6 Å². The van der Waals surface area contributed by atoms with E-state index in [0.717, 1.165) is 11.3 Å². The van der Waals surface area contributed by atoms with Gasteiger partial charge in [-0.25, -0.2) is 0 Å². The van der Waals surface area contributed by atoms with Crippen LogP contribution in [0.2, 0.25) is 4.34 Å². The number of ketones is 1. The lowest BCUT2D eigenvalue weighted by molar-refractivity contribution is -0.214. The molecule has 1 fully saturated rings. The van der Waals surface area contributed by atoms with E-state index in [0.29, 0.717) is 9.21 Å². The zero-order chi connectivity index (χ0) is 13.4. The summed E-state index contributed by atoms with van der Waals surface area (Å²) >= 11 is 6.84. The Hall–Kier alpha value is -0.590. The predicted molar refractivity (Wildman–Crippen MR) is 64.0 cm³/mol. The number of carbonyl (C=O) groups excluding carboxylic acids is 1. The molecule has 0 saturated carbocycles. The molecule has 0 spiro atoms. The molecule has 1 unspecified atom stereocenters. The van der Waals surface area contributed by atoms with Crippen LogP contribution in [0.25, 0.3) is 0 Å². The molecule has 1 aliphatic heterocycles. The molecule has 2 rings (SSSR count). The van der Waals surface area contributed by atoms with E-state index in [1.54, 1.807) is 12.1 Å². The van der Waals surface area contributed by atoms with Crippen molar-refractivity contribution >= 4 is 28.7 Å². The molecule has 1 aromatic heterocycles. The quantitative estimate of drug-likeness (QED) is 0.929. The second-order valence-electron chi connectivity index (χ2n) is 4.31. The van der Waals surface area contributed by atoms with Crippen molar-refractivity contribution in [3.63, 3.8) is 0 Å². The number of Topliss-reactive ketones (excluding diaryl/α,β-unsaturated/α-hetero) is 1. The third-order valence-corrected chi connectivity index (χ3v) is 4.43. The third-order valence-electron chi connectivity index (χ3n) is 3.20. The zero-order valence-electron chi connectivity index (χ0n) is 9.31. The van der Waals surface area contributed by atoms with Crippen molar-refractivity contribution < 1.29 is 18.0 Å². The van der Waals surface area contributed by atoms with Crippen molar-refractivity contribution in [2.24, 2.45) is 5.41 Å². The summed E-state index contributed by atoms with van der Waals surface area (Å²) in [7, 11) is 0. The summed E-state index contributed by atoms with van der Waals surface area (Å²) in [6.07, 6.45) is -4.90. The van der Waals surface area contributed by atoms with Crippen molar-refractivity contribution in [3.8, 4) is 0 Å². The van der Waals surface area contributed by atoms with Crippen molar-refractivity contribution in [1.29, 1.82) is 0 Å². The predicted octanol–water partition coefficient (Wildman–Crippen LogP) is 3.06. The monoisotopic (exact) mass is 297 g/mol. The second-order valence-corrected chi connectivity index (χ2v) is 6.11. The van der Waals surface area contributed by atoms with Crippen LogP contribution in [-0.2, 0) is 11.2 Å². The molecule has 100 valence electrons. The number of alkyl halides is 3. The highest BCUT2D eigenvalue weighted by atomic mass is 35.5. The molecule has 0 radical (unpaired) electrons. The van der Waals surface area contributed by atoms with Crippen LogP contribution >= 0.6 is 22.9 Å². The van der Waals surface area contributed by atoms with Gasteiger partial charge < -0.3 is 5.32 Å². The van der Waals surface area contributed by atoms with E-state index in [1.165, 1.54) is 0 Å². The summed E-state index contributed by atoms with van der Waals surface area (Å²) in [5, 5.41) is 2.63. The Balaban J connectivity index is 2.20. The molecule has 1 N–H and O–H groups in total. The van der Waals surface area contributed by atoms with Gasteiger partial charge in [0.1, 0.15) is 5.41 Å². The maximum atomic E-state index is 13.1. The third kappa shape index (κ3) is 2.41. The lowest BCUT2D eigenvalue weighted by Crippen LogP contribution is -2.47. The number of hydrogen-bond acceptors (Lipinski definition) is 3. The molecule has 0 aliphatic carbocycles. The Kier molecular flexibility index (Phi) is 3.71. The number of hydrogen-bond donors (Lipinski definition) is 1. The van der Waals surface area contributed by atoms with Gasteiger partial charge in [0.05, 0.1) is 4.34 Å². The lowest BCUT2D eigenvalue weighted by Gasteiger charge is -2.29. The Labute approximate surface area is 111 Å². The molecule has 2 heterocycles. The van der Waals surface area contributed by atoms with Crippen LogP contribution in [0.15, 0.2) is 12.1 Å². The van der Waals surface area contributed by atoms with E-state index in [9.17, 15) is 18.0 Å². The molecule has 7 heteroatoms. The summed E-state index contributed by atoms with van der Waals surface area (Å²) in [6, 6.07) is 3.18. The summed E-state index contributed by atoms with van der Waals surface area (Å²) < 4.78 is 39.7. The normalized spacial score (nSPS) is 24.4. The van der Waals surface area contributed by atoms with Crippen LogP contribution in [0.3, 0.4) is 0 Å². The van der Waals surface area contributed by atoms with Crippen LogP contribution in [0.5, 0.6) is 0 Å². The first kappa shape index (κ1) is 13.8. The lowest BCUT2D eigenvalue weighted by atomic mass is 9.80. The van der Waals surface area contributed by atoms with Crippen molar-refractivity contribution in [1.82, 2.24) is 5.32 Å². The van der Waals surface area contributed by atoms with Crippen LogP contribution in [-0.4, -0.2) is 25.0 Å². The summed E-state index contributed by atoms with van der Waals surface area (Å²) in [5.74, 6) is -0.779. The zero-order valence-corrected chi connectivity index (χ0v) is 10.9. The molecule has 1 saturated heterocycles. The topological polar surface area (TPSA) is 29.1 Å². The standard InChI is InChI=1S/C11H11ClF3NOS/c12-9-2-1-7(18-9)5-8(17)10(11(13,14)15)3-4-16-6-10/h1-2,16H,3-6H2. The largest absolute Gasteiger partial charge is 0.402 e. The molecule has 1 aliphatic rings. The van der Waals surface area contributed by atoms with Gasteiger partial charge in [-0.05, 0) is 25.1 Å². The second kappa shape index (κ2) is 4.83. The fourth-order valence-electron chi connectivity index (χ4n) is 2.10. The smallest absolute Gasteiger partial charge is 0.315 e. The molecule has 1 aromatic rings. The van der Waals surface area contributed by atoms with Crippen LogP contribution < -0.4 is 5.32 Å². The Morgan fingerprint density at radius 2 is 2.22 bits per heavy atom. The maximum Gasteiger partial charge on any atom is 0.402 e. The minimum atomic E-state index is -4.51. The molecular weight excluding hydrogens is 287 g/mol. The van der Waals surface area contributed by atoms with Crippen molar-refractivity contribution in [3.05, 3.63) is 21.3 Å². The van der Waals surface area contributed by atoms with Crippen LogP contribution in [0, 0.1) is 5.41 Å². The van der Waals surface area contributed by atoms with E-state index in [-0.39, 0.29) is 25.9 Å². The summed E-state index contributed by atoms with van der Waals surface area (Å²) in [6.45, 7) is -0.106. The number of rotatable bonds is 3. The van der Waals surface area contributed by atoms with Gasteiger partial charge in [0.15, 0.2) is 5.78 Å². The van der Waals surface area contributed by atoms with E-state index >= 15 is 0 Å². The molecule has 0 amide bonds. The molecule has 0 bridgehead atoms. The highest BCUT2D eigenvalue weighted by Gasteiger charge is 2.60. The first-order chi connectivity index (χ1) is 8.35. The van der Waals surface area contributed by atoms with Crippen LogP contribution in [0.4, 0.5) is 13.2 Å². The van der Waals surface area contributed by atoms with Gasteiger partial charge in [-0.15, -0.1) is 11.3 Å². The SMILES string of the molecule is O=C(Cc1ccc(Cl)s1)C1(C(F)(F)F)CCNC1. The van der Waals surface area contributed by atoms with E-state index in [2.05, 4.69) is 5.32 Å². The summed E-state index contributed by atoms with van der Waals surface area (Å²) in [4.78, 5) is 12.6. The fourth-order valence-corrected chi connectivity index (χ4v) is 3.19. The average molecular weight is 298 g/mol. The van der Waals surface area contributed by atoms with E-state index < -0.39 is 17.4 Å². The van der Waals surface area contributed by atoms with Gasteiger partial charge in [0, 0.05) is 17.8 Å². The molecule has 1 atom stereocenters. The van der Waals surface area contributed by atoms with Gasteiger partial charge in [0.2, 0.25) is 0 Å². The highest BCUT2D eigenvalue weighted by Crippen LogP contribution is 2.44. The highest BCUT2D eigenvalue weighted by molar-refractivity contribution is 7.16. The minimum absolute atomic E-state index is 0.186. The van der Waals surface area contributed by atoms with Crippen LogP contribution in [0.1, 0.15) is 11.3 Å². The number of nitrogens with one attached hydrogen (secondary N) is 1.